The lowest BCUT2D eigenvalue weighted by atomic mass is 10.0. The lowest BCUT2D eigenvalue weighted by molar-refractivity contribution is -0.122. The SMILES string of the molecule is CCN(CC)S(=O)(=O)c1ccc2c(c1)nc(CCC(=O)NC(C)(C)c1noc(C)n1)n2C. The molecule has 1 N–H and O–H groups in total. The van der Waals surface area contributed by atoms with Crippen molar-refractivity contribution in [1.82, 2.24) is 29.3 Å². The molecule has 0 saturated carbocycles. The number of fused-ring (bicyclic) bond motifs is 1. The number of carbonyl (C=O) groups excluding carboxylic acids is 1. The number of hydrogen-bond donors (Lipinski definition) is 1. The Bertz CT molecular complexity index is 1220. The van der Waals surface area contributed by atoms with Crippen molar-refractivity contribution in [3.8, 4) is 0 Å². The summed E-state index contributed by atoms with van der Waals surface area (Å²) in [7, 11) is -1.71. The molecule has 0 spiro atoms. The van der Waals surface area contributed by atoms with Crippen molar-refractivity contribution < 1.29 is 17.7 Å². The molecule has 174 valence electrons. The second-order valence-corrected chi connectivity index (χ2v) is 10.1. The summed E-state index contributed by atoms with van der Waals surface area (Å²) < 4.78 is 33.9. The lowest BCUT2D eigenvalue weighted by Crippen LogP contribution is -2.42. The highest BCUT2D eigenvalue weighted by Gasteiger charge is 2.28. The van der Waals surface area contributed by atoms with Gasteiger partial charge >= 0.3 is 0 Å². The summed E-state index contributed by atoms with van der Waals surface area (Å²) in [6.07, 6.45) is 0.610. The van der Waals surface area contributed by atoms with E-state index in [1.54, 1.807) is 25.1 Å². The zero-order chi connectivity index (χ0) is 23.7. The third-order valence-electron chi connectivity index (χ3n) is 5.40. The van der Waals surface area contributed by atoms with Crippen LogP contribution in [0, 0.1) is 6.92 Å². The molecule has 10 nitrogen and oxygen atoms in total. The second kappa shape index (κ2) is 8.99. The molecule has 2 aromatic heterocycles. The Hall–Kier alpha value is -2.79. The number of sulfonamides is 1. The van der Waals surface area contributed by atoms with E-state index >= 15 is 0 Å². The molecule has 32 heavy (non-hydrogen) atoms. The van der Waals surface area contributed by atoms with E-state index in [9.17, 15) is 13.2 Å². The summed E-state index contributed by atoms with van der Waals surface area (Å²) in [6.45, 7) is 9.73. The Kier molecular flexibility index (Phi) is 6.70. The molecule has 3 aromatic rings. The average molecular weight is 463 g/mol. The van der Waals surface area contributed by atoms with Crippen molar-refractivity contribution >= 4 is 27.0 Å². The van der Waals surface area contributed by atoms with Crippen LogP contribution < -0.4 is 5.32 Å². The molecule has 0 unspecified atom stereocenters. The summed E-state index contributed by atoms with van der Waals surface area (Å²) in [6, 6.07) is 4.95. The second-order valence-electron chi connectivity index (χ2n) is 8.14. The van der Waals surface area contributed by atoms with E-state index in [0.717, 1.165) is 5.52 Å². The van der Waals surface area contributed by atoms with Crippen LogP contribution in [0.15, 0.2) is 27.6 Å². The van der Waals surface area contributed by atoms with Gasteiger partial charge in [-0.25, -0.2) is 13.4 Å². The number of nitrogens with one attached hydrogen (secondary N) is 1. The molecule has 0 saturated heterocycles. The van der Waals surface area contributed by atoms with Crippen LogP contribution in [0.2, 0.25) is 0 Å². The molecule has 11 heteroatoms. The third kappa shape index (κ3) is 4.68. The molecule has 0 aliphatic rings. The third-order valence-corrected chi connectivity index (χ3v) is 7.45. The monoisotopic (exact) mass is 462 g/mol. The minimum Gasteiger partial charge on any atom is -0.344 e. The van der Waals surface area contributed by atoms with E-state index in [0.29, 0.717) is 42.6 Å². The van der Waals surface area contributed by atoms with Crippen LogP contribution in [0.1, 0.15) is 51.7 Å². The predicted octanol–water partition coefficient (Wildman–Crippen LogP) is 2.28. The van der Waals surface area contributed by atoms with Gasteiger partial charge in [0.25, 0.3) is 0 Å². The van der Waals surface area contributed by atoms with E-state index in [1.165, 1.54) is 4.31 Å². The molecule has 0 aliphatic carbocycles. The van der Waals surface area contributed by atoms with E-state index in [2.05, 4.69) is 20.4 Å². The van der Waals surface area contributed by atoms with E-state index in [-0.39, 0.29) is 17.2 Å². The number of hydrogen-bond acceptors (Lipinski definition) is 7. The Labute approximate surface area is 188 Å². The van der Waals surface area contributed by atoms with Crippen LogP contribution in [0.4, 0.5) is 0 Å². The van der Waals surface area contributed by atoms with E-state index in [4.69, 9.17) is 4.52 Å². The number of carbonyl (C=O) groups is 1. The molecule has 3 rings (SSSR count). The molecule has 1 amide bonds. The fourth-order valence-corrected chi connectivity index (χ4v) is 5.05. The van der Waals surface area contributed by atoms with Gasteiger partial charge in [0.2, 0.25) is 21.8 Å². The fraction of sp³-hybridized carbons (Fsp3) is 0.524. The average Bonchev–Trinajstić information content (AvgIpc) is 3.30. The fourth-order valence-electron chi connectivity index (χ4n) is 3.57. The number of benzene rings is 1. The Morgan fingerprint density at radius 3 is 2.50 bits per heavy atom. The summed E-state index contributed by atoms with van der Waals surface area (Å²) in [4.78, 5) is 21.5. The molecule has 1 aromatic carbocycles. The first kappa shape index (κ1) is 23.9. The summed E-state index contributed by atoms with van der Waals surface area (Å²) in [5, 5.41) is 6.80. The van der Waals surface area contributed by atoms with Gasteiger partial charge in [0, 0.05) is 39.9 Å². The summed E-state index contributed by atoms with van der Waals surface area (Å²) >= 11 is 0. The van der Waals surface area contributed by atoms with Crippen LogP contribution in [0.25, 0.3) is 11.0 Å². The predicted molar refractivity (Wildman–Crippen MR) is 119 cm³/mol. The van der Waals surface area contributed by atoms with Crippen molar-refractivity contribution in [2.75, 3.05) is 13.1 Å². The first-order valence-electron chi connectivity index (χ1n) is 10.6. The quantitative estimate of drug-likeness (QED) is 0.517. The topological polar surface area (TPSA) is 123 Å². The van der Waals surface area contributed by atoms with E-state index < -0.39 is 15.6 Å². The summed E-state index contributed by atoms with van der Waals surface area (Å²) in [5.74, 6) is 1.37. The van der Waals surface area contributed by atoms with Gasteiger partial charge < -0.3 is 14.4 Å². The van der Waals surface area contributed by atoms with Crippen LogP contribution in [-0.2, 0) is 33.8 Å². The van der Waals surface area contributed by atoms with Crippen LogP contribution in [0.5, 0.6) is 0 Å². The zero-order valence-corrected chi connectivity index (χ0v) is 20.2. The minimum atomic E-state index is -3.57. The van der Waals surface area contributed by atoms with Crippen molar-refractivity contribution in [2.24, 2.45) is 7.05 Å². The van der Waals surface area contributed by atoms with Gasteiger partial charge in [0.1, 0.15) is 5.82 Å². The van der Waals surface area contributed by atoms with Crippen LogP contribution in [0.3, 0.4) is 0 Å². The molecular weight excluding hydrogens is 432 g/mol. The van der Waals surface area contributed by atoms with Gasteiger partial charge in [-0.3, -0.25) is 4.79 Å². The highest BCUT2D eigenvalue weighted by molar-refractivity contribution is 7.89. The number of aromatic nitrogens is 4. The standard InChI is InChI=1S/C21H30N6O4S/c1-7-27(8-2)32(29,30)15-9-10-17-16(13-15)23-18(26(17)6)11-12-19(28)24-21(4,5)20-22-14(3)31-25-20/h9-10,13H,7-8,11-12H2,1-6H3,(H,24,28). The first-order valence-corrected chi connectivity index (χ1v) is 12.0. The molecule has 0 fully saturated rings. The summed E-state index contributed by atoms with van der Waals surface area (Å²) in [5.41, 5.74) is 0.620. The number of amides is 1. The van der Waals surface area contributed by atoms with E-state index in [1.807, 2.05) is 39.3 Å². The smallest absolute Gasteiger partial charge is 0.243 e. The van der Waals surface area contributed by atoms with Gasteiger partial charge in [-0.15, -0.1) is 0 Å². The van der Waals surface area contributed by atoms with Crippen molar-refractivity contribution in [3.05, 3.63) is 35.7 Å². The van der Waals surface area contributed by atoms with Crippen LogP contribution in [-0.4, -0.2) is 51.4 Å². The van der Waals surface area contributed by atoms with Crippen molar-refractivity contribution in [3.63, 3.8) is 0 Å². The Morgan fingerprint density at radius 1 is 1.22 bits per heavy atom. The van der Waals surface area contributed by atoms with Crippen molar-refractivity contribution in [1.29, 1.82) is 0 Å². The van der Waals surface area contributed by atoms with Crippen molar-refractivity contribution in [2.45, 2.75) is 57.9 Å². The number of rotatable bonds is 9. The maximum atomic E-state index is 12.8. The van der Waals surface area contributed by atoms with Gasteiger partial charge in [-0.1, -0.05) is 19.0 Å². The first-order chi connectivity index (χ1) is 15.0. The van der Waals surface area contributed by atoms with Crippen LogP contribution >= 0.6 is 0 Å². The number of imidazole rings is 1. The van der Waals surface area contributed by atoms with Gasteiger partial charge in [-0.05, 0) is 32.0 Å². The van der Waals surface area contributed by atoms with Gasteiger partial charge in [-0.2, -0.15) is 9.29 Å². The highest BCUT2D eigenvalue weighted by atomic mass is 32.2. The Balaban J connectivity index is 1.75. The largest absolute Gasteiger partial charge is 0.344 e. The minimum absolute atomic E-state index is 0.172. The maximum absolute atomic E-state index is 12.8. The zero-order valence-electron chi connectivity index (χ0n) is 19.3. The molecule has 0 atom stereocenters. The molecule has 0 radical (unpaired) electrons. The molecule has 0 aliphatic heterocycles. The lowest BCUT2D eigenvalue weighted by Gasteiger charge is -2.22. The molecular formula is C21H30N6O4S. The maximum Gasteiger partial charge on any atom is 0.243 e. The number of aryl methyl sites for hydroxylation is 3. The highest BCUT2D eigenvalue weighted by Crippen LogP contribution is 2.23. The normalized spacial score (nSPS) is 12.6. The number of nitrogens with zero attached hydrogens (tertiary/aromatic N) is 5. The van der Waals surface area contributed by atoms with Gasteiger partial charge in [0.15, 0.2) is 5.82 Å². The Morgan fingerprint density at radius 2 is 1.91 bits per heavy atom. The molecule has 0 bridgehead atoms. The van der Waals surface area contributed by atoms with Gasteiger partial charge in [0.05, 0.1) is 21.5 Å². The molecule has 2 heterocycles.